The van der Waals surface area contributed by atoms with Crippen LogP contribution < -0.4 is 0 Å². The van der Waals surface area contributed by atoms with Crippen molar-refractivity contribution in [1.29, 1.82) is 0 Å². The van der Waals surface area contributed by atoms with E-state index in [2.05, 4.69) is 43.3 Å². The molecule has 0 N–H and O–H groups in total. The topological polar surface area (TPSA) is 0 Å². The molecule has 0 heterocycles. The van der Waals surface area contributed by atoms with E-state index < -0.39 is 0 Å². The van der Waals surface area contributed by atoms with Gasteiger partial charge in [-0.3, -0.25) is 0 Å². The van der Waals surface area contributed by atoms with Crippen LogP contribution in [0.5, 0.6) is 0 Å². The average Bonchev–Trinajstić information content (AvgIpc) is 2.62. The molecule has 0 amide bonds. The van der Waals surface area contributed by atoms with Gasteiger partial charge in [0.05, 0.1) is 0 Å². The highest BCUT2D eigenvalue weighted by Crippen LogP contribution is 2.34. The molecule has 0 saturated heterocycles. The molecule has 23 heavy (non-hydrogen) atoms. The first-order valence-corrected chi connectivity index (χ1v) is 7.89. The molecule has 0 aliphatic rings. The van der Waals surface area contributed by atoms with Crippen molar-refractivity contribution in [1.82, 2.24) is 0 Å². The second kappa shape index (κ2) is 7.06. The van der Waals surface area contributed by atoms with Gasteiger partial charge in [-0.2, -0.15) is 0 Å². The Morgan fingerprint density at radius 3 is 1.65 bits per heavy atom. The van der Waals surface area contributed by atoms with Crippen molar-refractivity contribution in [2.45, 2.75) is 13.3 Å². The largest absolute Gasteiger partial charge is 0.207 e. The lowest BCUT2D eigenvalue weighted by Gasteiger charge is -2.16. The molecule has 0 unspecified atom stereocenters. The maximum Gasteiger partial charge on any atom is 0.123 e. The van der Waals surface area contributed by atoms with Crippen LogP contribution in [-0.4, -0.2) is 0 Å². The summed E-state index contributed by atoms with van der Waals surface area (Å²) in [6, 6.07) is 27.5. The Morgan fingerprint density at radius 2 is 1.13 bits per heavy atom. The Balaban J connectivity index is 2.26. The second-order valence-electron chi connectivity index (χ2n) is 5.45. The van der Waals surface area contributed by atoms with E-state index in [1.807, 2.05) is 36.4 Å². The summed E-state index contributed by atoms with van der Waals surface area (Å²) < 4.78 is 13.3. The molecule has 0 spiro atoms. The van der Waals surface area contributed by atoms with Crippen LogP contribution in [0.15, 0.2) is 84.9 Å². The van der Waals surface area contributed by atoms with Crippen LogP contribution in [0.4, 0.5) is 4.39 Å². The number of hydrogen-bond acceptors (Lipinski definition) is 0. The molecule has 0 fully saturated rings. The molecule has 0 aliphatic carbocycles. The molecule has 3 rings (SSSR count). The van der Waals surface area contributed by atoms with Crippen molar-refractivity contribution in [3.05, 3.63) is 107 Å². The molecule has 0 radical (unpaired) electrons. The zero-order valence-electron chi connectivity index (χ0n) is 13.2. The number of allylic oxidation sites excluding steroid dienone is 1. The predicted molar refractivity (Wildman–Crippen MR) is 95.5 cm³/mol. The van der Waals surface area contributed by atoms with Gasteiger partial charge in [0.15, 0.2) is 0 Å². The minimum Gasteiger partial charge on any atom is -0.207 e. The standard InChI is InChI=1S/C22H19F/c1-2-21(17-9-5-3-6-10-17)22(18-11-7-4-8-12-18)19-13-15-20(23)16-14-19/h3-16H,2H2,1H3/b22-21-. The summed E-state index contributed by atoms with van der Waals surface area (Å²) in [5, 5.41) is 0. The van der Waals surface area contributed by atoms with E-state index in [4.69, 9.17) is 0 Å². The van der Waals surface area contributed by atoms with Crippen LogP contribution in [0.2, 0.25) is 0 Å². The van der Waals surface area contributed by atoms with Gasteiger partial charge in [-0.15, -0.1) is 0 Å². The van der Waals surface area contributed by atoms with Gasteiger partial charge in [0.2, 0.25) is 0 Å². The van der Waals surface area contributed by atoms with E-state index in [0.717, 1.165) is 17.5 Å². The first kappa shape index (κ1) is 15.2. The summed E-state index contributed by atoms with van der Waals surface area (Å²) in [5.41, 5.74) is 5.83. The SMILES string of the molecule is CC/C(=C(\c1ccccc1)c1ccc(F)cc1)c1ccccc1. The van der Waals surface area contributed by atoms with E-state index in [0.29, 0.717) is 0 Å². The van der Waals surface area contributed by atoms with Crippen molar-refractivity contribution in [2.24, 2.45) is 0 Å². The molecule has 0 saturated carbocycles. The van der Waals surface area contributed by atoms with Gasteiger partial charge in [0, 0.05) is 0 Å². The Bertz CT molecular complexity index is 784. The summed E-state index contributed by atoms with van der Waals surface area (Å²) in [7, 11) is 0. The fourth-order valence-electron chi connectivity index (χ4n) is 2.90. The van der Waals surface area contributed by atoms with Crippen LogP contribution in [-0.2, 0) is 0 Å². The van der Waals surface area contributed by atoms with Gasteiger partial charge >= 0.3 is 0 Å². The average molecular weight is 302 g/mol. The Morgan fingerprint density at radius 1 is 0.652 bits per heavy atom. The molecule has 3 aromatic rings. The maximum absolute atomic E-state index is 13.3. The third kappa shape index (κ3) is 3.40. The molecule has 1 heteroatoms. The van der Waals surface area contributed by atoms with Crippen molar-refractivity contribution in [3.8, 4) is 0 Å². The lowest BCUT2D eigenvalue weighted by atomic mass is 9.88. The van der Waals surface area contributed by atoms with Gasteiger partial charge in [0.1, 0.15) is 5.82 Å². The minimum absolute atomic E-state index is 0.209. The van der Waals surface area contributed by atoms with E-state index in [1.54, 1.807) is 0 Å². The van der Waals surface area contributed by atoms with Crippen molar-refractivity contribution < 1.29 is 4.39 Å². The monoisotopic (exact) mass is 302 g/mol. The molecule has 0 aromatic heterocycles. The van der Waals surface area contributed by atoms with E-state index in [-0.39, 0.29) is 5.82 Å². The minimum atomic E-state index is -0.209. The summed E-state index contributed by atoms with van der Waals surface area (Å²) in [4.78, 5) is 0. The molecule has 0 bridgehead atoms. The highest BCUT2D eigenvalue weighted by Gasteiger charge is 2.12. The molecule has 3 aromatic carbocycles. The Hall–Kier alpha value is -2.67. The Kier molecular flexibility index (Phi) is 4.68. The van der Waals surface area contributed by atoms with Crippen LogP contribution in [0.25, 0.3) is 11.1 Å². The van der Waals surface area contributed by atoms with E-state index in [9.17, 15) is 4.39 Å². The quantitative estimate of drug-likeness (QED) is 0.504. The van der Waals surface area contributed by atoms with Crippen molar-refractivity contribution in [3.63, 3.8) is 0 Å². The number of halogens is 1. The normalized spacial score (nSPS) is 11.9. The lowest BCUT2D eigenvalue weighted by molar-refractivity contribution is 0.627. The summed E-state index contributed by atoms with van der Waals surface area (Å²) in [6.45, 7) is 2.16. The van der Waals surface area contributed by atoms with Crippen LogP contribution in [0.3, 0.4) is 0 Å². The molecular weight excluding hydrogens is 283 g/mol. The molecule has 0 atom stereocenters. The van der Waals surface area contributed by atoms with Crippen molar-refractivity contribution >= 4 is 11.1 Å². The third-order valence-corrected chi connectivity index (χ3v) is 3.97. The van der Waals surface area contributed by atoms with Gasteiger partial charge in [-0.05, 0) is 46.4 Å². The summed E-state index contributed by atoms with van der Waals surface area (Å²) in [6.07, 6.45) is 0.908. The predicted octanol–water partition coefficient (Wildman–Crippen LogP) is 6.19. The van der Waals surface area contributed by atoms with E-state index >= 15 is 0 Å². The van der Waals surface area contributed by atoms with Gasteiger partial charge in [-0.1, -0.05) is 79.7 Å². The molecule has 0 nitrogen and oxygen atoms in total. The summed E-state index contributed by atoms with van der Waals surface area (Å²) >= 11 is 0. The Labute approximate surface area is 136 Å². The zero-order valence-corrected chi connectivity index (χ0v) is 13.2. The van der Waals surface area contributed by atoms with Gasteiger partial charge in [0.25, 0.3) is 0 Å². The van der Waals surface area contributed by atoms with Crippen LogP contribution in [0.1, 0.15) is 30.0 Å². The fourth-order valence-corrected chi connectivity index (χ4v) is 2.90. The summed E-state index contributed by atoms with van der Waals surface area (Å²) in [5.74, 6) is -0.209. The first-order chi connectivity index (χ1) is 11.3. The molecular formula is C22H19F. The molecule has 0 aliphatic heterocycles. The van der Waals surface area contributed by atoms with E-state index in [1.165, 1.54) is 28.8 Å². The van der Waals surface area contributed by atoms with Crippen LogP contribution in [0, 0.1) is 5.82 Å². The van der Waals surface area contributed by atoms with Gasteiger partial charge < -0.3 is 0 Å². The highest BCUT2D eigenvalue weighted by molar-refractivity contribution is 5.98. The highest BCUT2D eigenvalue weighted by atomic mass is 19.1. The lowest BCUT2D eigenvalue weighted by Crippen LogP contribution is -1.95. The maximum atomic E-state index is 13.3. The van der Waals surface area contributed by atoms with Crippen LogP contribution >= 0.6 is 0 Å². The second-order valence-corrected chi connectivity index (χ2v) is 5.45. The number of rotatable bonds is 4. The molecule has 114 valence electrons. The number of benzene rings is 3. The third-order valence-electron chi connectivity index (χ3n) is 3.97. The van der Waals surface area contributed by atoms with Crippen molar-refractivity contribution in [2.75, 3.05) is 0 Å². The smallest absolute Gasteiger partial charge is 0.123 e. The fraction of sp³-hybridized carbons (Fsp3) is 0.0909. The van der Waals surface area contributed by atoms with Gasteiger partial charge in [-0.25, -0.2) is 4.39 Å². The number of hydrogen-bond donors (Lipinski definition) is 0. The first-order valence-electron chi connectivity index (χ1n) is 7.89. The zero-order chi connectivity index (χ0) is 16.1.